The highest BCUT2D eigenvalue weighted by Gasteiger charge is 2.53. The Kier molecular flexibility index (Phi) is 46.0. The highest BCUT2D eigenvalue weighted by molar-refractivity contribution is 5.76. The summed E-state index contributed by atoms with van der Waals surface area (Å²) >= 11 is 0. The van der Waals surface area contributed by atoms with Gasteiger partial charge >= 0.3 is 0 Å². The third-order valence-electron chi connectivity index (χ3n) is 17.4. The van der Waals surface area contributed by atoms with Gasteiger partial charge in [-0.3, -0.25) is 4.79 Å². The maximum Gasteiger partial charge on any atom is 0.220 e. The first-order valence-corrected chi connectivity index (χ1v) is 34.7. The number of aliphatic hydroxyl groups is 11. The minimum atomic E-state index is -1.97. The van der Waals surface area contributed by atoms with E-state index in [1.54, 1.807) is 12.2 Å². The maximum absolute atomic E-state index is 13.2. The van der Waals surface area contributed by atoms with Crippen molar-refractivity contribution in [3.8, 4) is 0 Å². The van der Waals surface area contributed by atoms with Crippen molar-refractivity contribution in [2.75, 3.05) is 26.4 Å². The second kappa shape index (κ2) is 50.6. The maximum atomic E-state index is 13.2. The molecule has 3 heterocycles. The van der Waals surface area contributed by atoms with Crippen LogP contribution in [-0.4, -0.2) is 193 Å². The number of carbonyl (C=O) groups excluding carboxylic acids is 1. The summed E-state index contributed by atoms with van der Waals surface area (Å²) in [5.41, 5.74) is 0. The lowest BCUT2D eigenvalue weighted by Crippen LogP contribution is -2.66. The van der Waals surface area contributed by atoms with E-state index in [-0.39, 0.29) is 18.9 Å². The summed E-state index contributed by atoms with van der Waals surface area (Å²) in [6.45, 7) is 1.49. The van der Waals surface area contributed by atoms with Crippen LogP contribution in [0.4, 0.5) is 0 Å². The van der Waals surface area contributed by atoms with Gasteiger partial charge in [-0.05, 0) is 44.9 Å². The third kappa shape index (κ3) is 32.9. The summed E-state index contributed by atoms with van der Waals surface area (Å²) in [5.74, 6) is -0.284. The third-order valence-corrected chi connectivity index (χ3v) is 17.4. The minimum absolute atomic E-state index is 0.244. The van der Waals surface area contributed by atoms with Crippen LogP contribution >= 0.6 is 0 Å². The molecule has 17 unspecified atom stereocenters. The van der Waals surface area contributed by atoms with E-state index in [1.807, 2.05) is 6.92 Å². The van der Waals surface area contributed by atoms with E-state index in [1.165, 1.54) is 193 Å². The molecule has 87 heavy (non-hydrogen) atoms. The van der Waals surface area contributed by atoms with Gasteiger partial charge in [0.2, 0.25) is 5.91 Å². The molecule has 0 aromatic heterocycles. The van der Waals surface area contributed by atoms with E-state index in [9.17, 15) is 61.0 Å². The SMILES string of the molecule is CCC/C=C/C(O)C(COC1OC(CO)C(OC2OC(CO)C(OC3OC(CO)C(O)C(O)C3O)C(O)C2O)C(O)C1O)NC(=O)CCCCCCCCCCCCCCCCCCCCCCCCCCCCC/C=C\C/C=C\CCCCCCC. The molecule has 3 fully saturated rings. The number of hydrogen-bond donors (Lipinski definition) is 12. The van der Waals surface area contributed by atoms with E-state index in [0.717, 1.165) is 32.1 Å². The zero-order valence-corrected chi connectivity index (χ0v) is 53.8. The summed E-state index contributed by atoms with van der Waals surface area (Å²) in [7, 11) is 0. The zero-order chi connectivity index (χ0) is 63.3. The van der Waals surface area contributed by atoms with Crippen molar-refractivity contribution in [1.82, 2.24) is 5.32 Å². The first-order valence-electron chi connectivity index (χ1n) is 34.7. The van der Waals surface area contributed by atoms with Gasteiger partial charge in [-0.15, -0.1) is 0 Å². The summed E-state index contributed by atoms with van der Waals surface area (Å²) in [6, 6.07) is -0.966. The first-order chi connectivity index (χ1) is 42.3. The molecule has 17 atom stereocenters. The van der Waals surface area contributed by atoms with E-state index in [0.29, 0.717) is 12.8 Å². The van der Waals surface area contributed by atoms with Gasteiger partial charge in [-0.25, -0.2) is 0 Å². The fraction of sp³-hybridized carbons (Fsp3) is 0.897. The number of hydrogen-bond acceptors (Lipinski definition) is 18. The van der Waals surface area contributed by atoms with Crippen LogP contribution in [0.3, 0.4) is 0 Å². The molecule has 0 radical (unpaired) electrons. The average molecular weight is 1240 g/mol. The van der Waals surface area contributed by atoms with Crippen molar-refractivity contribution in [2.45, 2.75) is 362 Å². The highest BCUT2D eigenvalue weighted by Crippen LogP contribution is 2.33. The van der Waals surface area contributed by atoms with Crippen LogP contribution < -0.4 is 5.32 Å². The van der Waals surface area contributed by atoms with Gasteiger partial charge in [-0.2, -0.15) is 0 Å². The van der Waals surface area contributed by atoms with Crippen LogP contribution in [0.25, 0.3) is 0 Å². The predicted octanol–water partition coefficient (Wildman–Crippen LogP) is 8.83. The Bertz CT molecular complexity index is 1720. The number of aliphatic hydroxyl groups excluding tert-OH is 11. The van der Waals surface area contributed by atoms with Gasteiger partial charge in [0.1, 0.15) is 73.2 Å². The van der Waals surface area contributed by atoms with Crippen LogP contribution in [0, 0.1) is 0 Å². The topological polar surface area (TPSA) is 307 Å². The van der Waals surface area contributed by atoms with Gasteiger partial charge < -0.3 is 89.9 Å². The molecule has 510 valence electrons. The van der Waals surface area contributed by atoms with Crippen molar-refractivity contribution in [1.29, 1.82) is 0 Å². The lowest BCUT2D eigenvalue weighted by atomic mass is 9.96. The zero-order valence-electron chi connectivity index (χ0n) is 53.8. The van der Waals surface area contributed by atoms with Crippen molar-refractivity contribution in [3.63, 3.8) is 0 Å². The van der Waals surface area contributed by atoms with E-state index in [4.69, 9.17) is 28.4 Å². The Morgan fingerprint density at radius 1 is 0.414 bits per heavy atom. The molecule has 12 N–H and O–H groups in total. The van der Waals surface area contributed by atoms with Gasteiger partial charge in [0.05, 0.1) is 38.6 Å². The summed E-state index contributed by atoms with van der Waals surface area (Å²) < 4.78 is 34.0. The van der Waals surface area contributed by atoms with Crippen molar-refractivity contribution < 1.29 is 89.4 Å². The number of rotatable bonds is 53. The largest absolute Gasteiger partial charge is 0.394 e. The summed E-state index contributed by atoms with van der Waals surface area (Å²) in [5, 5.41) is 119. The van der Waals surface area contributed by atoms with Gasteiger partial charge in [-0.1, -0.05) is 243 Å². The Labute approximate surface area is 523 Å². The lowest BCUT2D eigenvalue weighted by molar-refractivity contribution is -0.379. The molecule has 0 aliphatic carbocycles. The Morgan fingerprint density at radius 3 is 1.20 bits per heavy atom. The summed E-state index contributed by atoms with van der Waals surface area (Å²) in [6.07, 6.45) is 33.2. The molecule has 0 aromatic rings. The Morgan fingerprint density at radius 2 is 0.782 bits per heavy atom. The quantitative estimate of drug-likeness (QED) is 0.0200. The molecular weight excluding hydrogens is 1120 g/mol. The molecule has 19 heteroatoms. The molecule has 0 saturated carbocycles. The fourth-order valence-corrected chi connectivity index (χ4v) is 11.8. The molecule has 19 nitrogen and oxygen atoms in total. The number of unbranched alkanes of at least 4 members (excludes halogenated alkanes) is 33. The molecule has 1 amide bonds. The van der Waals surface area contributed by atoms with E-state index >= 15 is 0 Å². The van der Waals surface area contributed by atoms with Gasteiger partial charge in [0.15, 0.2) is 18.9 Å². The van der Waals surface area contributed by atoms with E-state index in [2.05, 4.69) is 36.5 Å². The second-order valence-corrected chi connectivity index (χ2v) is 25.0. The fourth-order valence-electron chi connectivity index (χ4n) is 11.8. The minimum Gasteiger partial charge on any atom is -0.394 e. The number of carbonyl (C=O) groups is 1. The van der Waals surface area contributed by atoms with Crippen molar-refractivity contribution in [3.05, 3.63) is 36.5 Å². The van der Waals surface area contributed by atoms with Crippen LogP contribution in [0.15, 0.2) is 36.5 Å². The van der Waals surface area contributed by atoms with Crippen LogP contribution in [-0.2, 0) is 33.2 Å². The first kappa shape index (κ1) is 79.2. The van der Waals surface area contributed by atoms with Crippen molar-refractivity contribution in [2.24, 2.45) is 0 Å². The smallest absolute Gasteiger partial charge is 0.220 e. The number of amides is 1. The molecular formula is C68H125NO18. The Balaban J connectivity index is 1.18. The lowest BCUT2D eigenvalue weighted by Gasteiger charge is -2.48. The van der Waals surface area contributed by atoms with E-state index < -0.39 is 124 Å². The van der Waals surface area contributed by atoms with Crippen molar-refractivity contribution >= 4 is 5.91 Å². The van der Waals surface area contributed by atoms with Crippen LogP contribution in [0.1, 0.15) is 258 Å². The standard InChI is InChI=1S/C68H125NO18/c1-3-5-7-8-9-10-11-12-13-14-15-16-17-18-19-20-21-22-23-24-25-26-27-28-29-30-31-32-33-34-35-36-37-38-39-40-41-42-44-46-56(74)69-51(52(73)45-43-6-4-2)50-82-66-62(80)59(77)64(54(48-71)84-66)87-68-63(81)60(78)65(55(49-72)85-68)86-67-61(79)58(76)57(75)53(47-70)83-67/h11-12,14-15,43,45,51-55,57-68,70-73,75-81H,3-10,13,16-42,44,46-50H2,1-2H3,(H,69,74)/b12-11-,15-14-,45-43+. The molecule has 3 rings (SSSR count). The molecule has 0 bridgehead atoms. The molecule has 0 aromatic carbocycles. The van der Waals surface area contributed by atoms with Gasteiger partial charge in [0, 0.05) is 6.42 Å². The highest BCUT2D eigenvalue weighted by atomic mass is 16.8. The number of nitrogens with one attached hydrogen (secondary N) is 1. The number of ether oxygens (including phenoxy) is 6. The molecule has 0 spiro atoms. The second-order valence-electron chi connectivity index (χ2n) is 25.0. The monoisotopic (exact) mass is 1240 g/mol. The molecule has 3 saturated heterocycles. The van der Waals surface area contributed by atoms with Crippen LogP contribution in [0.5, 0.6) is 0 Å². The predicted molar refractivity (Wildman–Crippen MR) is 337 cm³/mol. The summed E-state index contributed by atoms with van der Waals surface area (Å²) in [4.78, 5) is 13.2. The normalized spacial score (nSPS) is 28.8. The molecule has 3 aliphatic heterocycles. The Hall–Kier alpha value is -1.99. The van der Waals surface area contributed by atoms with Crippen LogP contribution in [0.2, 0.25) is 0 Å². The van der Waals surface area contributed by atoms with Gasteiger partial charge in [0.25, 0.3) is 0 Å². The number of allylic oxidation sites excluding steroid dienone is 5. The average Bonchev–Trinajstić information content (AvgIpc) is 1.50. The molecule has 3 aliphatic rings.